The fourth-order valence-corrected chi connectivity index (χ4v) is 3.03. The van der Waals surface area contributed by atoms with Crippen molar-refractivity contribution in [2.45, 2.75) is 31.7 Å². The zero-order valence-corrected chi connectivity index (χ0v) is 13.0. The summed E-state index contributed by atoms with van der Waals surface area (Å²) in [7, 11) is 0. The van der Waals surface area contributed by atoms with Gasteiger partial charge in [0, 0.05) is 5.69 Å². The molecule has 1 atom stereocenters. The molecular weight excluding hydrogens is 286 g/mol. The number of amides is 3. The van der Waals surface area contributed by atoms with Crippen LogP contribution < -0.4 is 16.4 Å². The van der Waals surface area contributed by atoms with E-state index in [-0.39, 0.29) is 5.91 Å². The van der Waals surface area contributed by atoms with Crippen molar-refractivity contribution in [2.75, 3.05) is 17.3 Å². The Morgan fingerprint density at radius 3 is 2.81 bits per heavy atom. The molecule has 1 unspecified atom stereocenters. The Hall–Kier alpha value is -1.69. The summed E-state index contributed by atoms with van der Waals surface area (Å²) < 4.78 is 0. The molecule has 0 fully saturated rings. The van der Waals surface area contributed by atoms with Gasteiger partial charge >= 0.3 is 6.03 Å². The van der Waals surface area contributed by atoms with Crippen LogP contribution in [0.2, 0.25) is 0 Å². The van der Waals surface area contributed by atoms with Gasteiger partial charge in [-0.1, -0.05) is 6.07 Å². The molecule has 0 saturated carbocycles. The monoisotopic (exact) mass is 307 g/mol. The molecule has 21 heavy (non-hydrogen) atoms. The van der Waals surface area contributed by atoms with Crippen LogP contribution in [-0.4, -0.2) is 30.0 Å². The summed E-state index contributed by atoms with van der Waals surface area (Å²) >= 11 is 1.62. The van der Waals surface area contributed by atoms with Crippen LogP contribution in [0, 0.1) is 0 Å². The lowest BCUT2D eigenvalue weighted by Gasteiger charge is -2.17. The standard InChI is InChI=1S/C15H21N3O2S/c1-21-8-7-13(18-15(16)20)14(19)17-12-6-5-10-3-2-4-11(10)9-12/h5-6,9,13H,2-4,7-8H2,1H3,(H,17,19)(H3,16,18,20). The fraction of sp³-hybridized carbons (Fsp3) is 0.467. The minimum atomic E-state index is -0.676. The average molecular weight is 307 g/mol. The molecule has 4 N–H and O–H groups in total. The van der Waals surface area contributed by atoms with E-state index in [4.69, 9.17) is 5.73 Å². The first-order valence-corrected chi connectivity index (χ1v) is 8.47. The van der Waals surface area contributed by atoms with Crippen molar-refractivity contribution >= 4 is 29.4 Å². The normalized spacial score (nSPS) is 14.3. The number of urea groups is 1. The van der Waals surface area contributed by atoms with Gasteiger partial charge in [0.15, 0.2) is 0 Å². The number of carbonyl (C=O) groups excluding carboxylic acids is 2. The van der Waals surface area contributed by atoms with Crippen molar-refractivity contribution in [2.24, 2.45) is 5.73 Å². The van der Waals surface area contributed by atoms with E-state index in [0.29, 0.717) is 6.42 Å². The molecule has 2 rings (SSSR count). The summed E-state index contributed by atoms with van der Waals surface area (Å²) in [5, 5.41) is 5.37. The van der Waals surface area contributed by atoms with Crippen LogP contribution in [-0.2, 0) is 17.6 Å². The molecule has 0 spiro atoms. The number of benzene rings is 1. The van der Waals surface area contributed by atoms with Crippen LogP contribution in [0.3, 0.4) is 0 Å². The second kappa shape index (κ2) is 7.36. The van der Waals surface area contributed by atoms with Crippen LogP contribution in [0.1, 0.15) is 24.0 Å². The van der Waals surface area contributed by atoms with Gasteiger partial charge in [-0.25, -0.2) is 4.79 Å². The summed E-state index contributed by atoms with van der Waals surface area (Å²) in [6.07, 6.45) is 5.87. The van der Waals surface area contributed by atoms with Crippen molar-refractivity contribution in [3.05, 3.63) is 29.3 Å². The Kier molecular flexibility index (Phi) is 5.50. The second-order valence-electron chi connectivity index (χ2n) is 5.17. The molecule has 0 aliphatic heterocycles. The van der Waals surface area contributed by atoms with Gasteiger partial charge in [0.05, 0.1) is 0 Å². The Morgan fingerprint density at radius 2 is 2.10 bits per heavy atom. The highest BCUT2D eigenvalue weighted by atomic mass is 32.2. The lowest BCUT2D eigenvalue weighted by atomic mass is 10.1. The quantitative estimate of drug-likeness (QED) is 0.750. The van der Waals surface area contributed by atoms with E-state index in [2.05, 4.69) is 16.7 Å². The van der Waals surface area contributed by atoms with Gasteiger partial charge < -0.3 is 16.4 Å². The Balaban J connectivity index is 2.01. The number of fused-ring (bicyclic) bond motifs is 1. The predicted molar refractivity (Wildman–Crippen MR) is 86.6 cm³/mol. The maximum Gasteiger partial charge on any atom is 0.312 e. The molecule has 1 aromatic carbocycles. The Labute approximate surface area is 129 Å². The van der Waals surface area contributed by atoms with Gasteiger partial charge in [-0.15, -0.1) is 0 Å². The van der Waals surface area contributed by atoms with Gasteiger partial charge in [0.1, 0.15) is 6.04 Å². The third kappa shape index (κ3) is 4.39. The molecule has 0 aromatic heterocycles. The van der Waals surface area contributed by atoms with Crippen molar-refractivity contribution in [1.29, 1.82) is 0 Å². The number of hydrogen-bond acceptors (Lipinski definition) is 3. The first-order chi connectivity index (χ1) is 10.1. The first-order valence-electron chi connectivity index (χ1n) is 7.07. The zero-order valence-electron chi connectivity index (χ0n) is 12.1. The first kappa shape index (κ1) is 15.7. The summed E-state index contributed by atoms with van der Waals surface area (Å²) in [6.45, 7) is 0. The minimum Gasteiger partial charge on any atom is -0.352 e. The summed E-state index contributed by atoms with van der Waals surface area (Å²) in [6, 6.07) is 4.73. The van der Waals surface area contributed by atoms with Gasteiger partial charge in [0.2, 0.25) is 5.91 Å². The maximum absolute atomic E-state index is 12.3. The lowest BCUT2D eigenvalue weighted by Crippen LogP contribution is -2.46. The predicted octanol–water partition coefficient (Wildman–Crippen LogP) is 1.90. The molecule has 1 aliphatic carbocycles. The molecule has 114 valence electrons. The highest BCUT2D eigenvalue weighted by Crippen LogP contribution is 2.25. The molecular formula is C15H21N3O2S. The fourth-order valence-electron chi connectivity index (χ4n) is 2.56. The maximum atomic E-state index is 12.3. The van der Waals surface area contributed by atoms with Crippen molar-refractivity contribution < 1.29 is 9.59 Å². The molecule has 1 aromatic rings. The van der Waals surface area contributed by atoms with Gasteiger partial charge in [0.25, 0.3) is 0 Å². The topological polar surface area (TPSA) is 84.2 Å². The lowest BCUT2D eigenvalue weighted by molar-refractivity contribution is -0.117. The molecule has 6 heteroatoms. The number of rotatable bonds is 6. The van der Waals surface area contributed by atoms with E-state index >= 15 is 0 Å². The number of nitrogens with two attached hydrogens (primary N) is 1. The van der Waals surface area contributed by atoms with Crippen LogP contribution in [0.4, 0.5) is 10.5 Å². The highest BCUT2D eigenvalue weighted by Gasteiger charge is 2.20. The molecule has 3 amide bonds. The van der Waals surface area contributed by atoms with Crippen LogP contribution in [0.15, 0.2) is 18.2 Å². The van der Waals surface area contributed by atoms with E-state index in [0.717, 1.165) is 24.3 Å². The van der Waals surface area contributed by atoms with Crippen LogP contribution >= 0.6 is 11.8 Å². The van der Waals surface area contributed by atoms with Crippen molar-refractivity contribution in [3.63, 3.8) is 0 Å². The molecule has 1 aliphatic rings. The average Bonchev–Trinajstić information content (AvgIpc) is 2.90. The Bertz CT molecular complexity index is 534. The third-order valence-electron chi connectivity index (χ3n) is 3.61. The summed E-state index contributed by atoms with van der Waals surface area (Å²) in [4.78, 5) is 23.3. The van der Waals surface area contributed by atoms with Crippen molar-refractivity contribution in [3.8, 4) is 0 Å². The SMILES string of the molecule is CSCCC(NC(N)=O)C(=O)Nc1ccc2c(c1)CCC2. The van der Waals surface area contributed by atoms with E-state index in [1.807, 2.05) is 18.4 Å². The zero-order chi connectivity index (χ0) is 15.2. The van der Waals surface area contributed by atoms with Gasteiger partial charge in [-0.05, 0) is 61.0 Å². The van der Waals surface area contributed by atoms with E-state index in [9.17, 15) is 9.59 Å². The minimum absolute atomic E-state index is 0.221. The summed E-state index contributed by atoms with van der Waals surface area (Å²) in [5.74, 6) is 0.559. The number of hydrogen-bond donors (Lipinski definition) is 3. The van der Waals surface area contributed by atoms with Crippen LogP contribution in [0.5, 0.6) is 0 Å². The number of primary amides is 1. The molecule has 0 heterocycles. The number of nitrogens with one attached hydrogen (secondary N) is 2. The molecule has 5 nitrogen and oxygen atoms in total. The number of anilines is 1. The highest BCUT2D eigenvalue weighted by molar-refractivity contribution is 7.98. The second-order valence-corrected chi connectivity index (χ2v) is 6.15. The van der Waals surface area contributed by atoms with Crippen LogP contribution in [0.25, 0.3) is 0 Å². The summed E-state index contributed by atoms with van der Waals surface area (Å²) in [5.41, 5.74) is 8.58. The van der Waals surface area contributed by atoms with Crippen molar-refractivity contribution in [1.82, 2.24) is 5.32 Å². The van der Waals surface area contributed by atoms with E-state index < -0.39 is 12.1 Å². The molecule has 0 bridgehead atoms. The van der Waals surface area contributed by atoms with E-state index in [1.54, 1.807) is 11.8 Å². The Morgan fingerprint density at radius 1 is 1.33 bits per heavy atom. The number of aryl methyl sites for hydroxylation is 2. The van der Waals surface area contributed by atoms with Gasteiger partial charge in [-0.3, -0.25) is 4.79 Å². The number of thioether (sulfide) groups is 1. The molecule has 0 radical (unpaired) electrons. The molecule has 0 saturated heterocycles. The third-order valence-corrected chi connectivity index (χ3v) is 4.25. The largest absolute Gasteiger partial charge is 0.352 e. The van der Waals surface area contributed by atoms with Gasteiger partial charge in [-0.2, -0.15) is 11.8 Å². The number of carbonyl (C=O) groups is 2. The van der Waals surface area contributed by atoms with E-state index in [1.165, 1.54) is 17.5 Å². The smallest absolute Gasteiger partial charge is 0.312 e.